The minimum atomic E-state index is -2.06. The van der Waals surface area contributed by atoms with Crippen molar-refractivity contribution in [1.82, 2.24) is 0 Å². The molecule has 0 saturated carbocycles. The lowest BCUT2D eigenvalue weighted by Gasteiger charge is -2.48. The minimum absolute atomic E-state index is 0.751. The highest BCUT2D eigenvalue weighted by Crippen LogP contribution is 2.53. The van der Waals surface area contributed by atoms with Gasteiger partial charge in [0.1, 0.15) is 0 Å². The molecule has 2 N–H and O–H groups in total. The van der Waals surface area contributed by atoms with Crippen molar-refractivity contribution >= 4 is 5.57 Å². The van der Waals surface area contributed by atoms with Crippen molar-refractivity contribution < 1.29 is 10.2 Å². The molecular formula is C27H26O2. The highest BCUT2D eigenvalue weighted by atomic mass is 16.5. The van der Waals surface area contributed by atoms with Crippen molar-refractivity contribution in [2.75, 3.05) is 0 Å². The van der Waals surface area contributed by atoms with Crippen molar-refractivity contribution in [1.29, 1.82) is 0 Å². The minimum Gasteiger partial charge on any atom is -0.361 e. The molecule has 0 aromatic heterocycles. The molecule has 0 saturated heterocycles. The van der Waals surface area contributed by atoms with E-state index < -0.39 is 11.2 Å². The Hall–Kier alpha value is -2.94. The number of hydrogen-bond acceptors (Lipinski definition) is 2. The van der Waals surface area contributed by atoms with Crippen LogP contribution < -0.4 is 0 Å². The van der Waals surface area contributed by atoms with E-state index in [-0.39, 0.29) is 0 Å². The summed E-state index contributed by atoms with van der Waals surface area (Å²) in [4.78, 5) is 0. The summed E-state index contributed by atoms with van der Waals surface area (Å²) in [6, 6.07) is 29.9. The maximum Gasteiger partial charge on any atom is 0.201 e. The van der Waals surface area contributed by atoms with Crippen molar-refractivity contribution in [3.05, 3.63) is 125 Å². The predicted octanol–water partition coefficient (Wildman–Crippen LogP) is 5.48. The fourth-order valence-corrected chi connectivity index (χ4v) is 4.63. The van der Waals surface area contributed by atoms with E-state index in [1.807, 2.05) is 84.9 Å². The van der Waals surface area contributed by atoms with Gasteiger partial charge in [-0.05, 0) is 40.3 Å². The van der Waals surface area contributed by atoms with E-state index >= 15 is 0 Å². The number of allylic oxidation sites excluding steroid dienone is 2. The average molecular weight is 383 g/mol. The monoisotopic (exact) mass is 382 g/mol. The molecule has 0 atom stereocenters. The quantitative estimate of drug-likeness (QED) is 0.574. The molecule has 29 heavy (non-hydrogen) atoms. The predicted molar refractivity (Wildman–Crippen MR) is 118 cm³/mol. The van der Waals surface area contributed by atoms with Crippen LogP contribution in [0.15, 0.2) is 109 Å². The van der Waals surface area contributed by atoms with Gasteiger partial charge in [-0.2, -0.15) is 0 Å². The maximum atomic E-state index is 11.5. The Morgan fingerprint density at radius 1 is 0.690 bits per heavy atom. The van der Waals surface area contributed by atoms with Crippen molar-refractivity contribution in [2.45, 2.75) is 31.0 Å². The van der Waals surface area contributed by atoms with Crippen LogP contribution in [-0.4, -0.2) is 16.0 Å². The van der Waals surface area contributed by atoms with E-state index in [0.717, 1.165) is 40.7 Å². The highest BCUT2D eigenvalue weighted by Gasteiger charge is 2.55. The molecule has 0 aliphatic heterocycles. The Labute approximate surface area is 172 Å². The number of benzene rings is 3. The molecule has 3 aromatic carbocycles. The lowest BCUT2D eigenvalue weighted by atomic mass is 9.59. The Bertz CT molecular complexity index is 976. The number of hydrogen-bond donors (Lipinski definition) is 2. The van der Waals surface area contributed by atoms with Crippen LogP contribution in [0.25, 0.3) is 5.57 Å². The summed E-state index contributed by atoms with van der Waals surface area (Å²) >= 11 is 0. The molecular weight excluding hydrogens is 356 g/mol. The molecule has 0 unspecified atom stereocenters. The molecule has 2 nitrogen and oxygen atoms in total. The molecule has 1 aliphatic rings. The van der Waals surface area contributed by atoms with E-state index in [2.05, 4.69) is 19.1 Å². The van der Waals surface area contributed by atoms with Gasteiger partial charge < -0.3 is 10.2 Å². The maximum absolute atomic E-state index is 11.5. The van der Waals surface area contributed by atoms with Crippen LogP contribution in [0.3, 0.4) is 0 Å². The van der Waals surface area contributed by atoms with Crippen molar-refractivity contribution in [2.24, 2.45) is 0 Å². The molecule has 0 radical (unpaired) electrons. The van der Waals surface area contributed by atoms with Gasteiger partial charge in [-0.3, -0.25) is 0 Å². The third kappa shape index (κ3) is 3.15. The second-order valence-electron chi connectivity index (χ2n) is 7.55. The summed E-state index contributed by atoms with van der Waals surface area (Å²) < 4.78 is 0. The molecule has 0 bridgehead atoms. The summed E-state index contributed by atoms with van der Waals surface area (Å²) in [5, 5.41) is 23.0. The summed E-state index contributed by atoms with van der Waals surface area (Å²) in [5.41, 5.74) is 3.81. The van der Waals surface area contributed by atoms with Crippen LogP contribution in [0.4, 0.5) is 0 Å². The molecule has 0 spiro atoms. The zero-order valence-corrected chi connectivity index (χ0v) is 16.6. The normalized spacial score (nSPS) is 17.3. The first-order valence-corrected chi connectivity index (χ1v) is 10.2. The summed E-state index contributed by atoms with van der Waals surface area (Å²) in [5.74, 6) is -2.06. The van der Waals surface area contributed by atoms with E-state index in [1.54, 1.807) is 0 Å². The molecule has 0 amide bonds. The van der Waals surface area contributed by atoms with E-state index in [0.29, 0.717) is 0 Å². The topological polar surface area (TPSA) is 40.5 Å². The summed E-state index contributed by atoms with van der Waals surface area (Å²) in [7, 11) is 0. The van der Waals surface area contributed by atoms with E-state index in [1.165, 1.54) is 6.08 Å². The Morgan fingerprint density at radius 3 is 1.66 bits per heavy atom. The molecule has 0 heterocycles. The van der Waals surface area contributed by atoms with Gasteiger partial charge in [-0.15, -0.1) is 0 Å². The number of rotatable bonds is 5. The standard InChI is InChI=1S/C27H26O2/c1-2-12-25-24(21-13-6-3-7-14-21)19-20-26(28,29)27(25,22-15-8-4-9-16-22)23-17-10-5-11-18-23/h3-11,13-20,28-29H,2,12H2,1H3. The van der Waals surface area contributed by atoms with Gasteiger partial charge in [0.15, 0.2) is 0 Å². The Kier molecular flexibility index (Phi) is 5.23. The SMILES string of the molecule is CCCC1=C(c2ccccc2)C=CC(O)(O)C1(c1ccccc1)c1ccccc1. The lowest BCUT2D eigenvalue weighted by Crippen LogP contribution is -2.54. The Morgan fingerprint density at radius 2 is 1.17 bits per heavy atom. The first kappa shape index (κ1) is 19.4. The fraction of sp³-hybridized carbons (Fsp3) is 0.185. The lowest BCUT2D eigenvalue weighted by molar-refractivity contribution is -0.154. The van der Waals surface area contributed by atoms with Crippen molar-refractivity contribution in [3.8, 4) is 0 Å². The zero-order chi connectivity index (χ0) is 20.3. The smallest absolute Gasteiger partial charge is 0.201 e. The highest BCUT2D eigenvalue weighted by molar-refractivity contribution is 5.82. The van der Waals surface area contributed by atoms with Gasteiger partial charge in [0, 0.05) is 0 Å². The molecule has 3 aromatic rings. The first-order chi connectivity index (χ1) is 14.1. The van der Waals surface area contributed by atoms with Gasteiger partial charge in [0.05, 0.1) is 5.41 Å². The second kappa shape index (κ2) is 7.82. The molecule has 4 rings (SSSR count). The van der Waals surface area contributed by atoms with Gasteiger partial charge >= 0.3 is 0 Å². The largest absolute Gasteiger partial charge is 0.361 e. The van der Waals surface area contributed by atoms with Crippen LogP contribution in [-0.2, 0) is 5.41 Å². The van der Waals surface area contributed by atoms with Gasteiger partial charge in [-0.25, -0.2) is 0 Å². The van der Waals surface area contributed by atoms with Crippen LogP contribution in [0.5, 0.6) is 0 Å². The Balaban J connectivity index is 2.13. The van der Waals surface area contributed by atoms with Crippen LogP contribution in [0.1, 0.15) is 36.5 Å². The average Bonchev–Trinajstić information content (AvgIpc) is 2.76. The second-order valence-corrected chi connectivity index (χ2v) is 7.55. The third-order valence-electron chi connectivity index (χ3n) is 5.81. The van der Waals surface area contributed by atoms with Crippen LogP contribution in [0, 0.1) is 0 Å². The first-order valence-electron chi connectivity index (χ1n) is 10.2. The third-order valence-corrected chi connectivity index (χ3v) is 5.81. The van der Waals surface area contributed by atoms with Crippen LogP contribution >= 0.6 is 0 Å². The van der Waals surface area contributed by atoms with Gasteiger partial charge in [-0.1, -0.05) is 110 Å². The van der Waals surface area contributed by atoms with E-state index in [4.69, 9.17) is 0 Å². The van der Waals surface area contributed by atoms with Crippen molar-refractivity contribution in [3.63, 3.8) is 0 Å². The zero-order valence-electron chi connectivity index (χ0n) is 16.6. The molecule has 0 fully saturated rings. The number of aliphatic hydroxyl groups is 2. The van der Waals surface area contributed by atoms with Gasteiger partial charge in [0.2, 0.25) is 5.79 Å². The summed E-state index contributed by atoms with van der Waals surface area (Å²) in [6.45, 7) is 2.13. The fourth-order valence-electron chi connectivity index (χ4n) is 4.63. The molecule has 2 heteroatoms. The molecule has 146 valence electrons. The van der Waals surface area contributed by atoms with E-state index in [9.17, 15) is 10.2 Å². The summed E-state index contributed by atoms with van der Waals surface area (Å²) in [6.07, 6.45) is 5.05. The van der Waals surface area contributed by atoms with Gasteiger partial charge in [0.25, 0.3) is 0 Å². The van der Waals surface area contributed by atoms with Crippen LogP contribution in [0.2, 0.25) is 0 Å². The molecule has 1 aliphatic carbocycles.